The van der Waals surface area contributed by atoms with Gasteiger partial charge in [0.1, 0.15) is 5.82 Å². The van der Waals surface area contributed by atoms with E-state index < -0.39 is 0 Å². The minimum atomic E-state index is -0.246. The third kappa shape index (κ3) is 3.63. The first-order valence-electron chi connectivity index (χ1n) is 8.10. The van der Waals surface area contributed by atoms with Gasteiger partial charge >= 0.3 is 0 Å². The largest absolute Gasteiger partial charge is 0.348 e. The van der Waals surface area contributed by atoms with Crippen molar-refractivity contribution in [1.29, 1.82) is 0 Å². The number of fused-ring (bicyclic) bond motifs is 2. The first-order valence-corrected chi connectivity index (χ1v) is 8.92. The van der Waals surface area contributed by atoms with Gasteiger partial charge < -0.3 is 10.6 Å². The highest BCUT2D eigenvalue weighted by atomic mass is 35.5. The van der Waals surface area contributed by atoms with Crippen LogP contribution < -0.4 is 10.6 Å². The van der Waals surface area contributed by atoms with Crippen LogP contribution in [0.25, 0.3) is 10.4 Å². The van der Waals surface area contributed by atoms with Crippen molar-refractivity contribution in [3.05, 3.63) is 47.1 Å². The van der Waals surface area contributed by atoms with Gasteiger partial charge in [-0.2, -0.15) is 0 Å². The Morgan fingerprint density at radius 3 is 2.42 bits per heavy atom. The Bertz CT molecular complexity index is 706. The highest BCUT2D eigenvalue weighted by Crippen LogP contribution is 2.30. The van der Waals surface area contributed by atoms with Gasteiger partial charge in [0.05, 0.1) is 4.88 Å². The Balaban J connectivity index is 0.00000169. The lowest BCUT2D eigenvalue weighted by Gasteiger charge is -2.29. The van der Waals surface area contributed by atoms with Gasteiger partial charge in [-0.05, 0) is 55.5 Å². The summed E-state index contributed by atoms with van der Waals surface area (Å²) in [7, 11) is 0. The Morgan fingerprint density at radius 2 is 1.75 bits per heavy atom. The minimum Gasteiger partial charge on any atom is -0.348 e. The molecule has 1 aromatic carbocycles. The van der Waals surface area contributed by atoms with Crippen molar-refractivity contribution in [2.45, 2.75) is 43.8 Å². The van der Waals surface area contributed by atoms with Crippen molar-refractivity contribution in [3.8, 4) is 10.4 Å². The number of carbonyl (C=O) groups is 1. The topological polar surface area (TPSA) is 41.1 Å². The number of rotatable bonds is 3. The van der Waals surface area contributed by atoms with Crippen molar-refractivity contribution in [1.82, 2.24) is 10.6 Å². The number of thiophene rings is 1. The standard InChI is InChI=1S/C18H19FN2OS.ClH/c19-12-3-1-11(2-4-12)16-7-8-17(23-16)18(22)21-15-9-13-5-6-14(10-15)20-13;/h1-4,7-8,13-15,20H,5-6,9-10H2,(H,21,22);1H. The predicted octanol–water partition coefficient (Wildman–Crippen LogP) is 3.99. The summed E-state index contributed by atoms with van der Waals surface area (Å²) in [5.41, 5.74) is 0.940. The molecule has 2 bridgehead atoms. The molecule has 3 heterocycles. The summed E-state index contributed by atoms with van der Waals surface area (Å²) < 4.78 is 13.0. The second-order valence-corrected chi connectivity index (χ2v) is 7.53. The maximum atomic E-state index is 13.0. The molecule has 2 aromatic rings. The van der Waals surface area contributed by atoms with E-state index in [1.807, 2.05) is 12.1 Å². The summed E-state index contributed by atoms with van der Waals surface area (Å²) >= 11 is 1.46. The van der Waals surface area contributed by atoms with E-state index in [-0.39, 0.29) is 30.2 Å². The van der Waals surface area contributed by atoms with Crippen molar-refractivity contribution in [2.75, 3.05) is 0 Å². The fourth-order valence-electron chi connectivity index (χ4n) is 3.66. The molecule has 1 aromatic heterocycles. The number of hydrogen-bond donors (Lipinski definition) is 2. The lowest BCUT2D eigenvalue weighted by Crippen LogP contribution is -2.47. The first kappa shape index (κ1) is 17.4. The van der Waals surface area contributed by atoms with Gasteiger partial charge in [0.2, 0.25) is 0 Å². The molecule has 2 N–H and O–H groups in total. The Kier molecular flexibility index (Phi) is 5.23. The van der Waals surface area contributed by atoms with Crippen LogP contribution in [-0.4, -0.2) is 24.0 Å². The molecule has 0 aliphatic carbocycles. The Labute approximate surface area is 151 Å². The molecule has 2 fully saturated rings. The highest BCUT2D eigenvalue weighted by molar-refractivity contribution is 7.17. The fraction of sp³-hybridized carbons (Fsp3) is 0.389. The maximum absolute atomic E-state index is 13.0. The molecule has 0 spiro atoms. The molecule has 2 atom stereocenters. The number of carbonyl (C=O) groups excluding carboxylic acids is 1. The average Bonchev–Trinajstić information content (AvgIpc) is 3.15. The van der Waals surface area contributed by atoms with Crippen LogP contribution in [0.1, 0.15) is 35.4 Å². The summed E-state index contributed by atoms with van der Waals surface area (Å²) in [5.74, 6) is -0.238. The summed E-state index contributed by atoms with van der Waals surface area (Å²) in [6.45, 7) is 0. The van der Waals surface area contributed by atoms with Crippen molar-refractivity contribution in [3.63, 3.8) is 0 Å². The predicted molar refractivity (Wildman–Crippen MR) is 97.4 cm³/mol. The molecule has 24 heavy (non-hydrogen) atoms. The molecule has 0 saturated carbocycles. The van der Waals surface area contributed by atoms with Gasteiger partial charge in [-0.3, -0.25) is 4.79 Å². The van der Waals surface area contributed by atoms with Gasteiger partial charge in [0.25, 0.3) is 5.91 Å². The van der Waals surface area contributed by atoms with Gasteiger partial charge in [-0.15, -0.1) is 23.7 Å². The van der Waals surface area contributed by atoms with Crippen LogP contribution in [0.15, 0.2) is 36.4 Å². The smallest absolute Gasteiger partial charge is 0.261 e. The number of hydrogen-bond acceptors (Lipinski definition) is 3. The van der Waals surface area contributed by atoms with Crippen LogP contribution in [0.3, 0.4) is 0 Å². The SMILES string of the molecule is Cl.O=C(NC1CC2CCC(C1)N2)c1ccc(-c2ccc(F)cc2)s1. The number of amides is 1. The molecular formula is C18H20ClFN2OS. The average molecular weight is 367 g/mol. The molecule has 4 rings (SSSR count). The van der Waals surface area contributed by atoms with E-state index in [4.69, 9.17) is 0 Å². The first-order chi connectivity index (χ1) is 11.2. The molecule has 2 aliphatic rings. The summed E-state index contributed by atoms with van der Waals surface area (Å²) in [4.78, 5) is 14.2. The van der Waals surface area contributed by atoms with E-state index in [1.165, 1.54) is 36.3 Å². The zero-order chi connectivity index (χ0) is 15.8. The van der Waals surface area contributed by atoms with Crippen LogP contribution >= 0.6 is 23.7 Å². The van der Waals surface area contributed by atoms with Gasteiger partial charge in [-0.25, -0.2) is 4.39 Å². The van der Waals surface area contributed by atoms with E-state index in [2.05, 4.69) is 10.6 Å². The van der Waals surface area contributed by atoms with Gasteiger partial charge in [-0.1, -0.05) is 12.1 Å². The number of halogens is 2. The lowest BCUT2D eigenvalue weighted by molar-refractivity contribution is 0.0928. The third-order valence-corrected chi connectivity index (χ3v) is 5.90. The fourth-order valence-corrected chi connectivity index (χ4v) is 4.58. The van der Waals surface area contributed by atoms with Crippen LogP contribution in [0.2, 0.25) is 0 Å². The van der Waals surface area contributed by atoms with Crippen LogP contribution in [0.5, 0.6) is 0 Å². The molecule has 1 amide bonds. The molecule has 6 heteroatoms. The molecule has 3 nitrogen and oxygen atoms in total. The molecular weight excluding hydrogens is 347 g/mol. The number of benzene rings is 1. The zero-order valence-electron chi connectivity index (χ0n) is 13.1. The quantitative estimate of drug-likeness (QED) is 0.862. The van der Waals surface area contributed by atoms with E-state index in [0.717, 1.165) is 28.2 Å². The summed E-state index contributed by atoms with van der Waals surface area (Å²) in [6, 6.07) is 11.6. The third-order valence-electron chi connectivity index (χ3n) is 4.77. The molecule has 0 radical (unpaired) electrons. The second-order valence-electron chi connectivity index (χ2n) is 6.45. The Morgan fingerprint density at radius 1 is 1.08 bits per heavy atom. The molecule has 128 valence electrons. The van der Waals surface area contributed by atoms with Crippen LogP contribution in [0.4, 0.5) is 4.39 Å². The van der Waals surface area contributed by atoms with E-state index >= 15 is 0 Å². The lowest BCUT2D eigenvalue weighted by atomic mass is 10.00. The number of nitrogens with one attached hydrogen (secondary N) is 2. The molecule has 2 aliphatic heterocycles. The van der Waals surface area contributed by atoms with E-state index in [1.54, 1.807) is 12.1 Å². The normalized spacial score (nSPS) is 25.1. The second kappa shape index (κ2) is 7.21. The zero-order valence-corrected chi connectivity index (χ0v) is 14.8. The van der Waals surface area contributed by atoms with Gasteiger partial charge in [0.15, 0.2) is 0 Å². The minimum absolute atomic E-state index is 0. The highest BCUT2D eigenvalue weighted by Gasteiger charge is 2.34. The van der Waals surface area contributed by atoms with Crippen molar-refractivity contribution >= 4 is 29.7 Å². The van der Waals surface area contributed by atoms with Crippen molar-refractivity contribution in [2.24, 2.45) is 0 Å². The van der Waals surface area contributed by atoms with Gasteiger partial charge in [0, 0.05) is 23.0 Å². The maximum Gasteiger partial charge on any atom is 0.261 e. The van der Waals surface area contributed by atoms with E-state index in [0.29, 0.717) is 12.1 Å². The number of piperidine rings is 1. The Hall–Kier alpha value is -1.43. The molecule has 2 saturated heterocycles. The van der Waals surface area contributed by atoms with Crippen LogP contribution in [-0.2, 0) is 0 Å². The molecule has 2 unspecified atom stereocenters. The van der Waals surface area contributed by atoms with E-state index in [9.17, 15) is 9.18 Å². The summed E-state index contributed by atoms with van der Waals surface area (Å²) in [6.07, 6.45) is 4.51. The monoisotopic (exact) mass is 366 g/mol. The van der Waals surface area contributed by atoms with Crippen molar-refractivity contribution < 1.29 is 9.18 Å². The van der Waals surface area contributed by atoms with Crippen LogP contribution in [0, 0.1) is 5.82 Å². The summed E-state index contributed by atoms with van der Waals surface area (Å²) in [5, 5.41) is 6.77.